The third-order valence-corrected chi connectivity index (χ3v) is 7.51. The van der Waals surface area contributed by atoms with E-state index in [-0.39, 0.29) is 23.9 Å². The van der Waals surface area contributed by atoms with Crippen molar-refractivity contribution in [2.45, 2.75) is 56.7 Å². The Bertz CT molecular complexity index is 712. The number of urea groups is 1. The van der Waals surface area contributed by atoms with Crippen LogP contribution >= 0.6 is 11.3 Å². The van der Waals surface area contributed by atoms with Crippen molar-refractivity contribution < 1.29 is 19.4 Å². The number of amides is 3. The zero-order chi connectivity index (χ0) is 20.4. The molecule has 3 aliphatic rings. The Morgan fingerprint density at radius 2 is 1.97 bits per heavy atom. The molecule has 0 aromatic carbocycles. The number of morpholine rings is 1. The summed E-state index contributed by atoms with van der Waals surface area (Å²) in [5.74, 6) is 0.0232. The summed E-state index contributed by atoms with van der Waals surface area (Å²) < 4.78 is 5.39. The highest BCUT2D eigenvalue weighted by molar-refractivity contribution is 7.10. The number of carbonyl (C=O) groups is 2. The number of nitrogens with one attached hydrogen (secondary N) is 1. The molecule has 2 saturated heterocycles. The summed E-state index contributed by atoms with van der Waals surface area (Å²) >= 11 is 1.56. The van der Waals surface area contributed by atoms with Crippen molar-refractivity contribution >= 4 is 23.3 Å². The summed E-state index contributed by atoms with van der Waals surface area (Å²) in [6, 6.07) is 3.00. The Morgan fingerprint density at radius 1 is 1.24 bits per heavy atom. The molecule has 3 heterocycles. The van der Waals surface area contributed by atoms with Gasteiger partial charge in [0.15, 0.2) is 0 Å². The number of aliphatic hydroxyl groups is 1. The first-order valence-corrected chi connectivity index (χ1v) is 11.5. The van der Waals surface area contributed by atoms with Gasteiger partial charge in [-0.1, -0.05) is 18.9 Å². The lowest BCUT2D eigenvalue weighted by Gasteiger charge is -2.50. The van der Waals surface area contributed by atoms with Crippen LogP contribution in [-0.4, -0.2) is 71.3 Å². The first kappa shape index (κ1) is 20.6. The lowest BCUT2D eigenvalue weighted by molar-refractivity contribution is -0.131. The molecule has 8 heteroatoms. The molecule has 3 amide bonds. The number of hydrogen-bond donors (Lipinski definition) is 2. The molecule has 0 radical (unpaired) electrons. The number of carbonyl (C=O) groups excluding carboxylic acids is 2. The van der Waals surface area contributed by atoms with Gasteiger partial charge in [0.1, 0.15) is 0 Å². The lowest BCUT2D eigenvalue weighted by Crippen LogP contribution is -2.65. The van der Waals surface area contributed by atoms with Gasteiger partial charge in [-0.05, 0) is 37.6 Å². The first-order valence-electron chi connectivity index (χ1n) is 10.7. The molecule has 2 N–H and O–H groups in total. The Hall–Kier alpha value is -1.64. The van der Waals surface area contributed by atoms with Gasteiger partial charge in [0.05, 0.1) is 30.9 Å². The Morgan fingerprint density at radius 3 is 2.62 bits per heavy atom. The molecule has 1 aromatic rings. The largest absolute Gasteiger partial charge is 0.388 e. The van der Waals surface area contributed by atoms with Gasteiger partial charge in [-0.3, -0.25) is 4.79 Å². The Kier molecular flexibility index (Phi) is 6.13. The maximum atomic E-state index is 13.4. The maximum Gasteiger partial charge on any atom is 0.320 e. The SMILES string of the molecule is C[C@@]1(O)CCN(C(=O)N2CCOCC2)[C@@H](c2cccs2)[C@@H]1NC(=O)C1CCCC1. The van der Waals surface area contributed by atoms with Gasteiger partial charge in [0.25, 0.3) is 0 Å². The fourth-order valence-electron chi connectivity index (χ4n) is 4.78. The predicted molar refractivity (Wildman–Crippen MR) is 111 cm³/mol. The monoisotopic (exact) mass is 421 g/mol. The van der Waals surface area contributed by atoms with Gasteiger partial charge < -0.3 is 25.0 Å². The second-order valence-electron chi connectivity index (χ2n) is 8.61. The minimum atomic E-state index is -1.08. The molecule has 1 aliphatic carbocycles. The molecule has 3 fully saturated rings. The van der Waals surface area contributed by atoms with Crippen molar-refractivity contribution in [3.8, 4) is 0 Å². The number of hydrogen-bond acceptors (Lipinski definition) is 5. The van der Waals surface area contributed by atoms with Gasteiger partial charge in [-0.25, -0.2) is 4.79 Å². The molecule has 0 bridgehead atoms. The zero-order valence-corrected chi connectivity index (χ0v) is 17.8. The summed E-state index contributed by atoms with van der Waals surface area (Å²) in [5.41, 5.74) is -1.08. The fraction of sp³-hybridized carbons (Fsp3) is 0.714. The quantitative estimate of drug-likeness (QED) is 0.785. The third-order valence-electron chi connectivity index (χ3n) is 6.57. The number of piperidine rings is 1. The minimum Gasteiger partial charge on any atom is -0.388 e. The van der Waals surface area contributed by atoms with E-state index in [1.807, 2.05) is 27.3 Å². The summed E-state index contributed by atoms with van der Waals surface area (Å²) in [4.78, 5) is 31.0. The lowest BCUT2D eigenvalue weighted by atomic mass is 9.81. The predicted octanol–water partition coefficient (Wildman–Crippen LogP) is 2.37. The van der Waals surface area contributed by atoms with E-state index in [9.17, 15) is 14.7 Å². The highest BCUT2D eigenvalue weighted by atomic mass is 32.1. The van der Waals surface area contributed by atoms with Crippen LogP contribution in [0.3, 0.4) is 0 Å². The van der Waals surface area contributed by atoms with Crippen LogP contribution < -0.4 is 5.32 Å². The van der Waals surface area contributed by atoms with Crippen LogP contribution in [0.5, 0.6) is 0 Å². The van der Waals surface area contributed by atoms with Gasteiger partial charge in [0, 0.05) is 30.4 Å². The van der Waals surface area contributed by atoms with Crippen LogP contribution in [0.2, 0.25) is 0 Å². The molecule has 0 spiro atoms. The third kappa shape index (κ3) is 4.29. The van der Waals surface area contributed by atoms with Crippen LogP contribution in [0.4, 0.5) is 4.79 Å². The Labute approximate surface area is 176 Å². The van der Waals surface area contributed by atoms with Crippen molar-refractivity contribution in [2.24, 2.45) is 5.92 Å². The summed E-state index contributed by atoms with van der Waals surface area (Å²) in [7, 11) is 0. The molecule has 29 heavy (non-hydrogen) atoms. The van der Waals surface area contributed by atoms with E-state index in [0.717, 1.165) is 30.6 Å². The number of ether oxygens (including phenoxy) is 1. The molecule has 160 valence electrons. The maximum absolute atomic E-state index is 13.4. The molecular weight excluding hydrogens is 390 g/mol. The van der Waals surface area contributed by atoms with Crippen molar-refractivity contribution in [3.63, 3.8) is 0 Å². The zero-order valence-electron chi connectivity index (χ0n) is 17.0. The summed E-state index contributed by atoms with van der Waals surface area (Å²) in [6.45, 7) is 4.47. The van der Waals surface area contributed by atoms with E-state index in [0.29, 0.717) is 39.3 Å². The molecule has 0 unspecified atom stereocenters. The Balaban J connectivity index is 1.61. The average Bonchev–Trinajstić information content (AvgIpc) is 3.43. The van der Waals surface area contributed by atoms with Crippen molar-refractivity contribution in [2.75, 3.05) is 32.8 Å². The highest BCUT2D eigenvalue weighted by Gasteiger charge is 2.49. The fourth-order valence-corrected chi connectivity index (χ4v) is 5.66. The van der Waals surface area contributed by atoms with E-state index in [1.54, 1.807) is 18.3 Å². The smallest absolute Gasteiger partial charge is 0.320 e. The van der Waals surface area contributed by atoms with Crippen LogP contribution in [-0.2, 0) is 9.53 Å². The number of likely N-dealkylation sites (tertiary alicyclic amines) is 1. The molecular formula is C21H31N3O4S. The standard InChI is InChI=1S/C21H31N3O4S/c1-21(27)8-9-24(20(26)23-10-12-28-13-11-23)17(16-7-4-14-29-16)18(21)22-19(25)15-5-2-3-6-15/h4,7,14-15,17-18,27H,2-3,5-6,8-13H2,1H3,(H,22,25)/t17-,18-,21+/m0/s1. The van der Waals surface area contributed by atoms with E-state index in [4.69, 9.17) is 4.74 Å². The van der Waals surface area contributed by atoms with E-state index < -0.39 is 11.6 Å². The van der Waals surface area contributed by atoms with Gasteiger partial charge >= 0.3 is 6.03 Å². The van der Waals surface area contributed by atoms with Crippen LogP contribution in [0, 0.1) is 5.92 Å². The number of rotatable bonds is 3. The second-order valence-corrected chi connectivity index (χ2v) is 9.59. The van der Waals surface area contributed by atoms with Gasteiger partial charge in [-0.2, -0.15) is 0 Å². The van der Waals surface area contributed by atoms with Crippen LogP contribution in [0.25, 0.3) is 0 Å². The molecule has 4 rings (SSSR count). The van der Waals surface area contributed by atoms with E-state index in [2.05, 4.69) is 5.32 Å². The molecule has 7 nitrogen and oxygen atoms in total. The second kappa shape index (κ2) is 8.62. The average molecular weight is 422 g/mol. The van der Waals surface area contributed by atoms with Crippen molar-refractivity contribution in [1.29, 1.82) is 0 Å². The van der Waals surface area contributed by atoms with E-state index in [1.165, 1.54) is 0 Å². The minimum absolute atomic E-state index is 0.00926. The van der Waals surface area contributed by atoms with E-state index >= 15 is 0 Å². The molecule has 1 saturated carbocycles. The summed E-state index contributed by atoms with van der Waals surface area (Å²) in [6.07, 6.45) is 4.40. The topological polar surface area (TPSA) is 82.1 Å². The number of thiophene rings is 1. The van der Waals surface area contributed by atoms with Gasteiger partial charge in [0.2, 0.25) is 5.91 Å². The highest BCUT2D eigenvalue weighted by Crippen LogP contribution is 2.40. The first-order chi connectivity index (χ1) is 14.0. The van der Waals surface area contributed by atoms with Crippen LogP contribution in [0.15, 0.2) is 17.5 Å². The molecule has 1 aromatic heterocycles. The van der Waals surface area contributed by atoms with Gasteiger partial charge in [-0.15, -0.1) is 11.3 Å². The normalized spacial score (nSPS) is 31.1. The molecule has 2 aliphatic heterocycles. The van der Waals surface area contributed by atoms with Crippen molar-refractivity contribution in [3.05, 3.63) is 22.4 Å². The van der Waals surface area contributed by atoms with Crippen LogP contribution in [0.1, 0.15) is 49.9 Å². The molecule has 3 atom stereocenters. The summed E-state index contributed by atoms with van der Waals surface area (Å²) in [5, 5.41) is 16.4. The van der Waals surface area contributed by atoms with Crippen molar-refractivity contribution in [1.82, 2.24) is 15.1 Å². The number of nitrogens with zero attached hydrogens (tertiary/aromatic N) is 2.